The maximum atomic E-state index is 13.2. The number of thiophene rings is 1. The number of hydrogen-bond donors (Lipinski definition) is 1. The Labute approximate surface area is 182 Å². The molecule has 0 saturated heterocycles. The summed E-state index contributed by atoms with van der Waals surface area (Å²) < 4.78 is 12.2. The second kappa shape index (κ2) is 8.61. The molecule has 0 aliphatic heterocycles. The summed E-state index contributed by atoms with van der Waals surface area (Å²) >= 11 is 7.80. The standard InChI is InChI=1S/C22H18ClN3O3S/c1-28-19-13-20(29-2)16(11-15(19)23)24-22(27)18-12-17(21-9-6-10-30-21)25-26(18)14-7-4-3-5-8-14/h3-13H,1-2H3,(H,24,27). The minimum Gasteiger partial charge on any atom is -0.495 e. The first-order chi connectivity index (χ1) is 14.6. The van der Waals surface area contributed by atoms with Crippen LogP contribution < -0.4 is 14.8 Å². The van der Waals surface area contributed by atoms with Crippen LogP contribution in [0.5, 0.6) is 11.5 Å². The number of carbonyl (C=O) groups excluding carboxylic acids is 1. The lowest BCUT2D eigenvalue weighted by Crippen LogP contribution is -2.17. The topological polar surface area (TPSA) is 65.4 Å². The lowest BCUT2D eigenvalue weighted by atomic mass is 10.2. The van der Waals surface area contributed by atoms with Crippen molar-refractivity contribution < 1.29 is 14.3 Å². The summed E-state index contributed by atoms with van der Waals surface area (Å²) in [7, 11) is 3.03. The zero-order valence-corrected chi connectivity index (χ0v) is 17.8. The van der Waals surface area contributed by atoms with Gasteiger partial charge in [-0.25, -0.2) is 4.68 Å². The number of carbonyl (C=O) groups is 1. The number of aromatic nitrogens is 2. The Balaban J connectivity index is 1.75. The van der Waals surface area contributed by atoms with Crippen LogP contribution in [0.4, 0.5) is 5.69 Å². The number of anilines is 1. The lowest BCUT2D eigenvalue weighted by molar-refractivity contribution is 0.101. The molecule has 6 nitrogen and oxygen atoms in total. The first-order valence-corrected chi connectivity index (χ1v) is 10.3. The van der Waals surface area contributed by atoms with E-state index >= 15 is 0 Å². The van der Waals surface area contributed by atoms with Crippen LogP contribution in [-0.4, -0.2) is 29.9 Å². The molecule has 1 N–H and O–H groups in total. The molecule has 2 heterocycles. The summed E-state index contributed by atoms with van der Waals surface area (Å²) in [5, 5.41) is 9.88. The molecule has 0 atom stereocenters. The van der Waals surface area contributed by atoms with E-state index in [-0.39, 0.29) is 5.91 Å². The molecular weight excluding hydrogens is 422 g/mol. The Morgan fingerprint density at radius 1 is 1.03 bits per heavy atom. The Bertz CT molecular complexity index is 1170. The van der Waals surface area contributed by atoms with Gasteiger partial charge in [0.15, 0.2) is 0 Å². The number of nitrogens with zero attached hydrogens (tertiary/aromatic N) is 2. The van der Waals surface area contributed by atoms with E-state index in [4.69, 9.17) is 21.1 Å². The number of nitrogens with one attached hydrogen (secondary N) is 1. The summed E-state index contributed by atoms with van der Waals surface area (Å²) in [6.07, 6.45) is 0. The number of benzene rings is 2. The van der Waals surface area contributed by atoms with Gasteiger partial charge in [-0.1, -0.05) is 35.9 Å². The maximum Gasteiger partial charge on any atom is 0.274 e. The zero-order chi connectivity index (χ0) is 21.1. The number of ether oxygens (including phenoxy) is 2. The van der Waals surface area contributed by atoms with Crippen LogP contribution in [-0.2, 0) is 0 Å². The molecule has 0 spiro atoms. The average Bonchev–Trinajstić information content (AvgIpc) is 3.44. The molecule has 0 unspecified atom stereocenters. The highest BCUT2D eigenvalue weighted by Gasteiger charge is 2.20. The van der Waals surface area contributed by atoms with Crippen molar-refractivity contribution in [3.8, 4) is 27.8 Å². The molecule has 0 aliphatic rings. The van der Waals surface area contributed by atoms with Crippen LogP contribution in [0.15, 0.2) is 66.0 Å². The van der Waals surface area contributed by atoms with E-state index in [0.717, 1.165) is 16.3 Å². The first-order valence-electron chi connectivity index (χ1n) is 9.03. The highest BCUT2D eigenvalue weighted by molar-refractivity contribution is 7.13. The molecule has 8 heteroatoms. The third kappa shape index (κ3) is 3.90. The van der Waals surface area contributed by atoms with Crippen molar-refractivity contribution in [3.63, 3.8) is 0 Å². The van der Waals surface area contributed by atoms with E-state index < -0.39 is 0 Å². The minimum absolute atomic E-state index is 0.339. The summed E-state index contributed by atoms with van der Waals surface area (Å²) in [5.41, 5.74) is 2.33. The third-order valence-corrected chi connectivity index (χ3v) is 5.63. The largest absolute Gasteiger partial charge is 0.495 e. The van der Waals surface area contributed by atoms with Gasteiger partial charge in [0, 0.05) is 6.07 Å². The highest BCUT2D eigenvalue weighted by atomic mass is 35.5. The quantitative estimate of drug-likeness (QED) is 0.429. The van der Waals surface area contributed by atoms with E-state index in [0.29, 0.717) is 27.9 Å². The predicted molar refractivity (Wildman–Crippen MR) is 119 cm³/mol. The van der Waals surface area contributed by atoms with E-state index in [1.54, 1.807) is 34.2 Å². The highest BCUT2D eigenvalue weighted by Crippen LogP contribution is 2.36. The number of halogens is 1. The number of amides is 1. The van der Waals surface area contributed by atoms with Crippen LogP contribution in [0.2, 0.25) is 5.02 Å². The van der Waals surface area contributed by atoms with Gasteiger partial charge in [0.05, 0.1) is 35.5 Å². The fourth-order valence-corrected chi connectivity index (χ4v) is 3.92. The SMILES string of the molecule is COc1cc(OC)c(NC(=O)c2cc(-c3cccs3)nn2-c2ccccc2)cc1Cl. The Kier molecular flexibility index (Phi) is 5.74. The molecule has 0 bridgehead atoms. The molecule has 4 rings (SSSR count). The van der Waals surface area contributed by atoms with Gasteiger partial charge in [0.2, 0.25) is 0 Å². The van der Waals surface area contributed by atoms with E-state index in [9.17, 15) is 4.79 Å². The van der Waals surface area contributed by atoms with Crippen LogP contribution in [0.25, 0.3) is 16.3 Å². The van der Waals surface area contributed by atoms with Gasteiger partial charge in [-0.15, -0.1) is 11.3 Å². The molecule has 0 fully saturated rings. The fourth-order valence-electron chi connectivity index (χ4n) is 3.00. The van der Waals surface area contributed by atoms with Crippen molar-refractivity contribution in [2.45, 2.75) is 0 Å². The van der Waals surface area contributed by atoms with Crippen LogP contribution in [0.3, 0.4) is 0 Å². The van der Waals surface area contributed by atoms with Crippen LogP contribution >= 0.6 is 22.9 Å². The maximum absolute atomic E-state index is 13.2. The average molecular weight is 440 g/mol. The molecule has 30 heavy (non-hydrogen) atoms. The van der Waals surface area contributed by atoms with Crippen molar-refractivity contribution in [2.24, 2.45) is 0 Å². The van der Waals surface area contributed by atoms with Gasteiger partial charge in [-0.05, 0) is 35.7 Å². The van der Waals surface area contributed by atoms with Gasteiger partial charge in [0.1, 0.15) is 22.9 Å². The molecule has 2 aromatic carbocycles. The van der Waals surface area contributed by atoms with E-state index in [2.05, 4.69) is 10.4 Å². The monoisotopic (exact) mass is 439 g/mol. The van der Waals surface area contributed by atoms with Crippen molar-refractivity contribution in [3.05, 3.63) is 76.8 Å². The van der Waals surface area contributed by atoms with Gasteiger partial charge >= 0.3 is 0 Å². The molecule has 0 aliphatic carbocycles. The van der Waals surface area contributed by atoms with Crippen molar-refractivity contribution in [2.75, 3.05) is 19.5 Å². The normalized spacial score (nSPS) is 10.6. The second-order valence-corrected chi connectivity index (χ2v) is 7.64. The van der Waals surface area contributed by atoms with E-state index in [1.807, 2.05) is 47.8 Å². The number of methoxy groups -OCH3 is 2. The molecule has 2 aromatic heterocycles. The number of para-hydroxylation sites is 1. The van der Waals surface area contributed by atoms with Crippen molar-refractivity contribution >= 4 is 34.5 Å². The Morgan fingerprint density at radius 3 is 2.47 bits per heavy atom. The van der Waals surface area contributed by atoms with Crippen LogP contribution in [0, 0.1) is 0 Å². The third-order valence-electron chi connectivity index (χ3n) is 4.44. The first kappa shape index (κ1) is 20.0. The molecule has 152 valence electrons. The minimum atomic E-state index is -0.339. The Hall–Kier alpha value is -3.29. The summed E-state index contributed by atoms with van der Waals surface area (Å²) in [4.78, 5) is 14.2. The predicted octanol–water partition coefficient (Wildman–Crippen LogP) is 5.52. The molecule has 0 radical (unpaired) electrons. The molecule has 4 aromatic rings. The van der Waals surface area contributed by atoms with Crippen LogP contribution in [0.1, 0.15) is 10.5 Å². The summed E-state index contributed by atoms with van der Waals surface area (Å²) in [6, 6.07) is 18.4. The summed E-state index contributed by atoms with van der Waals surface area (Å²) in [6.45, 7) is 0. The Morgan fingerprint density at radius 2 is 1.80 bits per heavy atom. The second-order valence-electron chi connectivity index (χ2n) is 6.28. The molecule has 0 saturated carbocycles. The van der Waals surface area contributed by atoms with Gasteiger partial charge in [0.25, 0.3) is 5.91 Å². The van der Waals surface area contributed by atoms with Crippen molar-refractivity contribution in [1.82, 2.24) is 9.78 Å². The summed E-state index contributed by atoms with van der Waals surface area (Å²) in [5.74, 6) is 0.559. The van der Waals surface area contributed by atoms with Gasteiger partial charge in [-0.3, -0.25) is 4.79 Å². The molecular formula is C22H18ClN3O3S. The zero-order valence-electron chi connectivity index (χ0n) is 16.3. The van der Waals surface area contributed by atoms with Gasteiger partial charge in [-0.2, -0.15) is 5.10 Å². The van der Waals surface area contributed by atoms with Crippen molar-refractivity contribution in [1.29, 1.82) is 0 Å². The molecule has 1 amide bonds. The number of rotatable bonds is 6. The lowest BCUT2D eigenvalue weighted by Gasteiger charge is -2.13. The number of hydrogen-bond acceptors (Lipinski definition) is 5. The van der Waals surface area contributed by atoms with E-state index in [1.165, 1.54) is 14.2 Å². The fraction of sp³-hybridized carbons (Fsp3) is 0.0909. The van der Waals surface area contributed by atoms with Gasteiger partial charge < -0.3 is 14.8 Å². The smallest absolute Gasteiger partial charge is 0.274 e.